The van der Waals surface area contributed by atoms with E-state index in [-0.39, 0.29) is 0 Å². The van der Waals surface area contributed by atoms with Crippen LogP contribution in [0.1, 0.15) is 53.4 Å². The molecule has 0 radical (unpaired) electrons. The Bertz CT molecular complexity index is 895. The Morgan fingerprint density at radius 1 is 1.00 bits per heavy atom. The average molecular weight is 412 g/mol. The van der Waals surface area contributed by atoms with Crippen LogP contribution in [0.25, 0.3) is 0 Å². The van der Waals surface area contributed by atoms with E-state index in [9.17, 15) is 9.59 Å². The van der Waals surface area contributed by atoms with Crippen LogP contribution in [0, 0.1) is 13.8 Å². The summed E-state index contributed by atoms with van der Waals surface area (Å²) in [4.78, 5) is 26.7. The number of hydrogen-bond donors (Lipinski definition) is 1. The van der Waals surface area contributed by atoms with Crippen molar-refractivity contribution in [3.8, 4) is 0 Å². The highest BCUT2D eigenvalue weighted by molar-refractivity contribution is 7.98. The lowest BCUT2D eigenvalue weighted by Crippen LogP contribution is -2.32. The highest BCUT2D eigenvalue weighted by Crippen LogP contribution is 2.21. The molecular weight excluding hydrogens is 382 g/mol. The number of hydrazone groups is 1. The molecule has 0 aliphatic rings. The number of Topliss-reactive ketones (excluding diaryl/α,β-unsaturated/α-hetero) is 1. The molecule has 0 saturated carbocycles. The molecule has 0 aromatic heterocycles. The molecule has 0 bridgehead atoms. The Hall–Kier alpha value is -2.60. The fraction of sp³-hybridized carbons (Fsp3) is 0.348. The lowest BCUT2D eigenvalue weighted by molar-refractivity contribution is -0.125. The van der Waals surface area contributed by atoms with E-state index in [1.807, 2.05) is 64.1 Å². The summed E-state index contributed by atoms with van der Waals surface area (Å²) in [5.41, 5.74) is 4.62. The van der Waals surface area contributed by atoms with Gasteiger partial charge in [0.2, 0.25) is 0 Å². The van der Waals surface area contributed by atoms with Crippen molar-refractivity contribution in [2.45, 2.75) is 52.4 Å². The van der Waals surface area contributed by atoms with Gasteiger partial charge in [0.15, 0.2) is 0 Å². The van der Waals surface area contributed by atoms with Crippen LogP contribution in [-0.2, 0) is 17.6 Å². The summed E-state index contributed by atoms with van der Waals surface area (Å²) in [5, 5.41) is 5.34. The van der Waals surface area contributed by atoms with Crippen LogP contribution in [0.4, 0.5) is 0 Å². The number of aryl methyl sites for hydroxylation is 4. The number of carbonyl (C=O) groups excluding carboxylic acids is 2. The van der Waals surface area contributed by atoms with Gasteiger partial charge < -0.3 is 4.72 Å². The Kier molecular flexibility index (Phi) is 8.02. The fourth-order valence-electron chi connectivity index (χ4n) is 3.08. The maximum absolute atomic E-state index is 13.0. The van der Waals surface area contributed by atoms with Gasteiger partial charge in [-0.05, 0) is 68.8 Å². The molecule has 2 aromatic carbocycles. The number of hydrogen-bond acceptors (Lipinski definition) is 4. The molecule has 0 unspecified atom stereocenters. The molecule has 0 heterocycles. The zero-order chi connectivity index (χ0) is 21.6. The van der Waals surface area contributed by atoms with Crippen LogP contribution >= 0.6 is 11.9 Å². The molecule has 0 atom stereocenters. The van der Waals surface area contributed by atoms with Crippen LogP contribution in [-0.4, -0.2) is 29.6 Å². The number of nitrogens with one attached hydrogen (secondary N) is 1. The van der Waals surface area contributed by atoms with E-state index in [0.717, 1.165) is 26.6 Å². The van der Waals surface area contributed by atoms with Gasteiger partial charge in [-0.1, -0.05) is 49.2 Å². The van der Waals surface area contributed by atoms with Gasteiger partial charge in [0, 0.05) is 17.5 Å². The predicted octanol–water partition coefficient (Wildman–Crippen LogP) is 4.70. The largest absolute Gasteiger partial charge is 0.314 e. The average Bonchev–Trinajstić information content (AvgIpc) is 2.71. The first-order chi connectivity index (χ1) is 13.8. The molecule has 5 nitrogen and oxygen atoms in total. The first-order valence-corrected chi connectivity index (χ1v) is 10.6. The van der Waals surface area contributed by atoms with Crippen LogP contribution < -0.4 is 4.72 Å². The molecule has 1 N–H and O–H groups in total. The van der Waals surface area contributed by atoms with Crippen molar-refractivity contribution in [2.24, 2.45) is 5.10 Å². The van der Waals surface area contributed by atoms with E-state index in [0.29, 0.717) is 24.2 Å². The summed E-state index contributed by atoms with van der Waals surface area (Å²) in [6.45, 7) is 9.79. The van der Waals surface area contributed by atoms with Crippen molar-refractivity contribution >= 4 is 29.5 Å². The van der Waals surface area contributed by atoms with Crippen molar-refractivity contribution in [2.75, 3.05) is 7.05 Å². The Morgan fingerprint density at radius 2 is 1.55 bits per heavy atom. The van der Waals surface area contributed by atoms with E-state index in [1.165, 1.54) is 24.6 Å². The van der Waals surface area contributed by atoms with Crippen LogP contribution in [0.5, 0.6) is 0 Å². The number of ketones is 1. The molecule has 1 amide bonds. The smallest absolute Gasteiger partial charge is 0.313 e. The Labute approximate surface area is 177 Å². The third-order valence-corrected chi connectivity index (χ3v) is 5.47. The third kappa shape index (κ3) is 5.94. The van der Waals surface area contributed by atoms with E-state index in [4.69, 9.17) is 0 Å². The number of amides is 1. The normalized spacial score (nSPS) is 11.3. The minimum atomic E-state index is -0.639. The number of likely N-dealkylation sites (N-methyl/N-ethyl adjacent to an activating group) is 1. The second-order valence-corrected chi connectivity index (χ2v) is 7.91. The van der Waals surface area contributed by atoms with E-state index < -0.39 is 11.7 Å². The summed E-state index contributed by atoms with van der Waals surface area (Å²) in [7, 11) is 1.51. The number of nitrogens with zero attached hydrogens (tertiary/aromatic N) is 2. The van der Waals surface area contributed by atoms with Crippen molar-refractivity contribution in [1.82, 2.24) is 9.73 Å². The van der Waals surface area contributed by atoms with Crippen molar-refractivity contribution < 1.29 is 9.59 Å². The zero-order valence-corrected chi connectivity index (χ0v) is 18.8. The molecule has 0 saturated heterocycles. The van der Waals surface area contributed by atoms with Gasteiger partial charge in [0.1, 0.15) is 5.84 Å². The van der Waals surface area contributed by atoms with Gasteiger partial charge in [-0.15, -0.1) is 0 Å². The minimum Gasteiger partial charge on any atom is -0.313 e. The summed E-state index contributed by atoms with van der Waals surface area (Å²) >= 11 is 1.41. The lowest BCUT2D eigenvalue weighted by atomic mass is 9.92. The molecule has 0 fully saturated rings. The van der Waals surface area contributed by atoms with E-state index in [2.05, 4.69) is 9.82 Å². The Balaban J connectivity index is 2.13. The summed E-state index contributed by atoms with van der Waals surface area (Å²) in [6.07, 6.45) is 1.40. The number of rotatable bonds is 7. The Morgan fingerprint density at radius 3 is 2.07 bits per heavy atom. The molecule has 2 rings (SSSR count). The summed E-state index contributed by atoms with van der Waals surface area (Å²) in [5.74, 6) is -0.613. The van der Waals surface area contributed by atoms with Crippen molar-refractivity contribution in [3.05, 3.63) is 64.2 Å². The third-order valence-electron chi connectivity index (χ3n) is 4.56. The van der Waals surface area contributed by atoms with Crippen LogP contribution in [0.2, 0.25) is 0 Å². The maximum Gasteiger partial charge on any atom is 0.314 e. The number of benzene rings is 2. The number of carbonyl (C=O) groups is 2. The first kappa shape index (κ1) is 22.7. The molecule has 29 heavy (non-hydrogen) atoms. The van der Waals surface area contributed by atoms with Crippen LogP contribution in [0.15, 0.2) is 46.4 Å². The molecule has 2 aromatic rings. The van der Waals surface area contributed by atoms with E-state index >= 15 is 0 Å². The van der Waals surface area contributed by atoms with Crippen molar-refractivity contribution in [1.29, 1.82) is 0 Å². The zero-order valence-electron chi connectivity index (χ0n) is 18.0. The molecular formula is C23H29N3O2S. The molecule has 6 heteroatoms. The molecule has 0 aliphatic heterocycles. The monoisotopic (exact) mass is 411 g/mol. The standard InChI is InChI=1S/C23H29N3O2S/c1-7-18-13-16(4)14-19(8-2)21(18)22(27)23(28)26(6)24-17(5)25-29-20-11-9-15(3)10-12-20/h9-14H,7-8H2,1-6H3,(H,24,25). The summed E-state index contributed by atoms with van der Waals surface area (Å²) in [6, 6.07) is 12.0. The van der Waals surface area contributed by atoms with Gasteiger partial charge in [-0.2, -0.15) is 5.10 Å². The van der Waals surface area contributed by atoms with Crippen LogP contribution in [0.3, 0.4) is 0 Å². The van der Waals surface area contributed by atoms with Gasteiger partial charge in [-0.3, -0.25) is 9.59 Å². The second-order valence-electron chi connectivity index (χ2n) is 7.03. The minimum absolute atomic E-state index is 0.510. The molecule has 0 spiro atoms. The van der Waals surface area contributed by atoms with Crippen molar-refractivity contribution in [3.63, 3.8) is 0 Å². The highest BCUT2D eigenvalue weighted by Gasteiger charge is 2.25. The molecule has 154 valence electrons. The van der Waals surface area contributed by atoms with Gasteiger partial charge >= 0.3 is 5.91 Å². The van der Waals surface area contributed by atoms with Gasteiger partial charge in [-0.25, -0.2) is 5.01 Å². The fourth-order valence-corrected chi connectivity index (χ4v) is 3.65. The van der Waals surface area contributed by atoms with Gasteiger partial charge in [0.05, 0.1) is 0 Å². The number of amidine groups is 1. The summed E-state index contributed by atoms with van der Waals surface area (Å²) < 4.78 is 3.10. The van der Waals surface area contributed by atoms with E-state index in [1.54, 1.807) is 6.92 Å². The first-order valence-electron chi connectivity index (χ1n) is 9.76. The highest BCUT2D eigenvalue weighted by atomic mass is 32.2. The maximum atomic E-state index is 13.0. The molecule has 0 aliphatic carbocycles. The quantitative estimate of drug-likeness (QED) is 0.179. The topological polar surface area (TPSA) is 61.8 Å². The second kappa shape index (κ2) is 10.3. The predicted molar refractivity (Wildman–Crippen MR) is 120 cm³/mol. The lowest BCUT2D eigenvalue weighted by Gasteiger charge is -2.16. The SMILES string of the molecule is CCc1cc(C)cc(CC)c1C(=O)C(=O)N(C)/N=C(\C)NSc1ccc(C)cc1. The van der Waals surface area contributed by atoms with Gasteiger partial charge in [0.25, 0.3) is 5.78 Å².